The summed E-state index contributed by atoms with van der Waals surface area (Å²) in [4.78, 5) is 14.8. The Balaban J connectivity index is 1.74. The molecule has 1 aliphatic rings. The molecule has 2 heterocycles. The molecule has 18 heavy (non-hydrogen) atoms. The summed E-state index contributed by atoms with van der Waals surface area (Å²) in [6.45, 7) is 5.41. The molecular weight excluding hydrogens is 250 g/mol. The van der Waals surface area contributed by atoms with Gasteiger partial charge >= 0.3 is 0 Å². The number of morpholine rings is 1. The number of nitrogens with zero attached hydrogens (tertiary/aromatic N) is 2. The summed E-state index contributed by atoms with van der Waals surface area (Å²) in [7, 11) is 0. The molecular formula is C12H17N3O2S. The largest absolute Gasteiger partial charge is 0.379 e. The minimum atomic E-state index is -0.0811. The van der Waals surface area contributed by atoms with Crippen molar-refractivity contribution in [2.75, 3.05) is 32.8 Å². The van der Waals surface area contributed by atoms with Crippen molar-refractivity contribution in [3.63, 3.8) is 0 Å². The monoisotopic (exact) mass is 267 g/mol. The maximum atomic E-state index is 11.6. The van der Waals surface area contributed by atoms with E-state index in [4.69, 9.17) is 4.74 Å². The maximum absolute atomic E-state index is 11.6. The lowest BCUT2D eigenvalue weighted by molar-refractivity contribution is -0.123. The van der Waals surface area contributed by atoms with E-state index in [1.807, 2.05) is 18.4 Å². The van der Waals surface area contributed by atoms with Crippen LogP contribution in [0.25, 0.3) is 0 Å². The van der Waals surface area contributed by atoms with Crippen LogP contribution >= 0.6 is 11.3 Å². The Morgan fingerprint density at radius 3 is 3.06 bits per heavy atom. The molecule has 0 aromatic carbocycles. The van der Waals surface area contributed by atoms with Crippen LogP contribution in [-0.2, 0) is 9.53 Å². The Labute approximate surface area is 110 Å². The van der Waals surface area contributed by atoms with Gasteiger partial charge in [-0.3, -0.25) is 9.69 Å². The number of nitrogens with one attached hydrogen (secondary N) is 1. The quantitative estimate of drug-likeness (QED) is 0.649. The van der Waals surface area contributed by atoms with Crippen LogP contribution in [0.2, 0.25) is 0 Å². The number of amides is 1. The number of hydrazone groups is 1. The van der Waals surface area contributed by atoms with Crippen LogP contribution in [0.4, 0.5) is 0 Å². The van der Waals surface area contributed by atoms with Crippen molar-refractivity contribution in [3.05, 3.63) is 21.9 Å². The lowest BCUT2D eigenvalue weighted by atomic mass is 10.3. The van der Waals surface area contributed by atoms with Gasteiger partial charge in [0, 0.05) is 18.0 Å². The van der Waals surface area contributed by atoms with Gasteiger partial charge in [0.1, 0.15) is 0 Å². The lowest BCUT2D eigenvalue weighted by Crippen LogP contribution is -2.42. The molecule has 5 nitrogen and oxygen atoms in total. The molecule has 1 amide bonds. The van der Waals surface area contributed by atoms with Crippen LogP contribution in [0.3, 0.4) is 0 Å². The first-order valence-electron chi connectivity index (χ1n) is 5.92. The molecule has 0 spiro atoms. The van der Waals surface area contributed by atoms with E-state index in [9.17, 15) is 4.79 Å². The van der Waals surface area contributed by atoms with Crippen molar-refractivity contribution in [2.24, 2.45) is 5.10 Å². The average molecular weight is 267 g/mol. The molecule has 6 heteroatoms. The molecule has 1 N–H and O–H groups in total. The second-order valence-electron chi connectivity index (χ2n) is 4.15. The van der Waals surface area contributed by atoms with Crippen molar-refractivity contribution < 1.29 is 9.53 Å². The van der Waals surface area contributed by atoms with E-state index >= 15 is 0 Å². The molecule has 2 rings (SSSR count). The smallest absolute Gasteiger partial charge is 0.254 e. The van der Waals surface area contributed by atoms with E-state index in [1.165, 1.54) is 5.56 Å². The van der Waals surface area contributed by atoms with Gasteiger partial charge in [0.25, 0.3) is 5.91 Å². The highest BCUT2D eigenvalue weighted by Crippen LogP contribution is 2.12. The Hall–Kier alpha value is -1.24. The molecule has 1 aromatic heterocycles. The standard InChI is InChI=1S/C12H17N3O2S/c1-10-2-7-18-11(10)8-13-14-12(16)9-15-3-5-17-6-4-15/h2,7-8H,3-6,9H2,1H3,(H,14,16). The van der Waals surface area contributed by atoms with Crippen LogP contribution < -0.4 is 5.43 Å². The number of rotatable bonds is 4. The van der Waals surface area contributed by atoms with Crippen LogP contribution in [0.1, 0.15) is 10.4 Å². The zero-order chi connectivity index (χ0) is 12.8. The maximum Gasteiger partial charge on any atom is 0.254 e. The van der Waals surface area contributed by atoms with Crippen molar-refractivity contribution in [1.29, 1.82) is 0 Å². The van der Waals surface area contributed by atoms with Gasteiger partial charge in [0.2, 0.25) is 0 Å². The average Bonchev–Trinajstić information content (AvgIpc) is 2.76. The number of carbonyl (C=O) groups is 1. The van der Waals surface area contributed by atoms with Gasteiger partial charge in [-0.15, -0.1) is 11.3 Å². The van der Waals surface area contributed by atoms with E-state index in [1.54, 1.807) is 17.6 Å². The van der Waals surface area contributed by atoms with Gasteiger partial charge in [0.15, 0.2) is 0 Å². The van der Waals surface area contributed by atoms with Crippen LogP contribution in [-0.4, -0.2) is 49.9 Å². The van der Waals surface area contributed by atoms with Crippen molar-refractivity contribution in [1.82, 2.24) is 10.3 Å². The molecule has 1 saturated heterocycles. The van der Waals surface area contributed by atoms with Crippen LogP contribution in [0.15, 0.2) is 16.5 Å². The summed E-state index contributed by atoms with van der Waals surface area (Å²) in [6, 6.07) is 2.03. The van der Waals surface area contributed by atoms with Crippen molar-refractivity contribution in [2.45, 2.75) is 6.92 Å². The molecule has 0 aliphatic carbocycles. The highest BCUT2D eigenvalue weighted by atomic mass is 32.1. The number of hydrogen-bond acceptors (Lipinski definition) is 5. The molecule has 0 unspecified atom stereocenters. The number of hydrogen-bond donors (Lipinski definition) is 1. The minimum absolute atomic E-state index is 0.0811. The summed E-state index contributed by atoms with van der Waals surface area (Å²) in [5, 5.41) is 5.97. The molecule has 0 atom stereocenters. The number of aryl methyl sites for hydroxylation is 1. The molecule has 0 radical (unpaired) electrons. The highest BCUT2D eigenvalue weighted by Gasteiger charge is 2.13. The molecule has 1 aliphatic heterocycles. The SMILES string of the molecule is Cc1ccsc1C=NNC(=O)CN1CCOCC1. The fourth-order valence-corrected chi connectivity index (χ4v) is 2.46. The van der Waals surface area contributed by atoms with E-state index in [0.717, 1.165) is 18.0 Å². The van der Waals surface area contributed by atoms with Crippen molar-refractivity contribution >= 4 is 23.5 Å². The van der Waals surface area contributed by atoms with Gasteiger partial charge in [-0.1, -0.05) is 0 Å². The summed E-state index contributed by atoms with van der Waals surface area (Å²) in [5.41, 5.74) is 3.72. The first-order valence-corrected chi connectivity index (χ1v) is 6.80. The Bertz CT molecular complexity index is 425. The highest BCUT2D eigenvalue weighted by molar-refractivity contribution is 7.11. The van der Waals surface area contributed by atoms with E-state index in [2.05, 4.69) is 15.4 Å². The Kier molecular flexibility index (Phi) is 4.86. The normalized spacial score (nSPS) is 17.2. The molecule has 1 fully saturated rings. The molecule has 0 bridgehead atoms. The van der Waals surface area contributed by atoms with Crippen molar-refractivity contribution in [3.8, 4) is 0 Å². The summed E-state index contributed by atoms with van der Waals surface area (Å²) in [5.74, 6) is -0.0811. The van der Waals surface area contributed by atoms with Gasteiger partial charge in [-0.05, 0) is 23.9 Å². The first kappa shape index (κ1) is 13.2. The van der Waals surface area contributed by atoms with Gasteiger partial charge in [-0.25, -0.2) is 5.43 Å². The Morgan fingerprint density at radius 1 is 1.61 bits per heavy atom. The third kappa shape index (κ3) is 3.90. The topological polar surface area (TPSA) is 53.9 Å². The van der Waals surface area contributed by atoms with Crippen LogP contribution in [0.5, 0.6) is 0 Å². The van der Waals surface area contributed by atoms with E-state index in [-0.39, 0.29) is 5.91 Å². The number of carbonyl (C=O) groups excluding carboxylic acids is 1. The van der Waals surface area contributed by atoms with E-state index < -0.39 is 0 Å². The zero-order valence-electron chi connectivity index (χ0n) is 10.4. The fourth-order valence-electron chi connectivity index (χ4n) is 1.68. The first-order chi connectivity index (χ1) is 8.75. The predicted molar refractivity (Wildman–Crippen MR) is 72.1 cm³/mol. The molecule has 98 valence electrons. The summed E-state index contributed by atoms with van der Waals surface area (Å²) < 4.78 is 5.22. The van der Waals surface area contributed by atoms with Gasteiger partial charge in [0.05, 0.1) is 26.0 Å². The van der Waals surface area contributed by atoms with Gasteiger partial charge < -0.3 is 4.74 Å². The number of ether oxygens (including phenoxy) is 1. The molecule has 0 saturated carbocycles. The lowest BCUT2D eigenvalue weighted by Gasteiger charge is -2.25. The number of thiophene rings is 1. The third-order valence-electron chi connectivity index (χ3n) is 2.74. The Morgan fingerprint density at radius 2 is 2.39 bits per heavy atom. The summed E-state index contributed by atoms with van der Waals surface area (Å²) in [6.07, 6.45) is 1.69. The zero-order valence-corrected chi connectivity index (χ0v) is 11.2. The summed E-state index contributed by atoms with van der Waals surface area (Å²) >= 11 is 1.61. The second kappa shape index (κ2) is 6.63. The molecule has 1 aromatic rings. The second-order valence-corrected chi connectivity index (χ2v) is 5.10. The predicted octanol–water partition coefficient (Wildman–Crippen LogP) is 0.839. The minimum Gasteiger partial charge on any atom is -0.379 e. The van der Waals surface area contributed by atoms with Gasteiger partial charge in [-0.2, -0.15) is 5.10 Å². The fraction of sp³-hybridized carbons (Fsp3) is 0.500. The third-order valence-corrected chi connectivity index (χ3v) is 3.70. The van der Waals surface area contributed by atoms with E-state index in [0.29, 0.717) is 19.8 Å². The van der Waals surface area contributed by atoms with Crippen LogP contribution in [0, 0.1) is 6.92 Å².